The molecule has 0 radical (unpaired) electrons. The molecular weight excluding hydrogens is 408 g/mol. The van der Waals surface area contributed by atoms with E-state index in [1.807, 2.05) is 36.4 Å². The van der Waals surface area contributed by atoms with Crippen LogP contribution in [0.4, 0.5) is 0 Å². The summed E-state index contributed by atoms with van der Waals surface area (Å²) < 4.78 is 6.00. The summed E-state index contributed by atoms with van der Waals surface area (Å²) in [6.45, 7) is 1.92. The number of nitrogens with zero attached hydrogens (tertiary/aromatic N) is 2. The van der Waals surface area contributed by atoms with Gasteiger partial charge in [-0.25, -0.2) is 0 Å². The molecule has 2 N–H and O–H groups in total. The van der Waals surface area contributed by atoms with E-state index in [9.17, 15) is 4.79 Å². The third kappa shape index (κ3) is 4.68. The molecule has 1 saturated heterocycles. The smallest absolute Gasteiger partial charge is 0.261 e. The summed E-state index contributed by atoms with van der Waals surface area (Å²) in [5.74, 6) is 1.34. The summed E-state index contributed by atoms with van der Waals surface area (Å²) in [5, 5.41) is 15.4. The van der Waals surface area contributed by atoms with Crippen LogP contribution in [0.15, 0.2) is 53.1 Å². The average molecular weight is 429 g/mol. The SMILES string of the molecule is N=C(c1ccccc1)N1CCC(c2cc(CNC(=O)c3ccc(Cl)s3)on2)CC1. The fourth-order valence-electron chi connectivity index (χ4n) is 3.47. The lowest BCUT2D eigenvalue weighted by Crippen LogP contribution is -2.38. The number of amidine groups is 1. The highest BCUT2D eigenvalue weighted by Crippen LogP contribution is 2.28. The Bertz CT molecular complexity index is 993. The van der Waals surface area contributed by atoms with Gasteiger partial charge in [-0.05, 0) is 25.0 Å². The Morgan fingerprint density at radius 2 is 2.00 bits per heavy atom. The van der Waals surface area contributed by atoms with Gasteiger partial charge in [-0.1, -0.05) is 47.1 Å². The number of rotatable bonds is 5. The second kappa shape index (κ2) is 8.80. The minimum atomic E-state index is -0.174. The number of hydrogen-bond acceptors (Lipinski definition) is 5. The van der Waals surface area contributed by atoms with Crippen molar-refractivity contribution in [3.8, 4) is 0 Å². The molecule has 1 fully saturated rings. The molecule has 2 aromatic heterocycles. The van der Waals surface area contributed by atoms with Crippen molar-refractivity contribution in [3.63, 3.8) is 0 Å². The van der Waals surface area contributed by atoms with Gasteiger partial charge in [0, 0.05) is 30.6 Å². The standard InChI is InChI=1S/C21H21ClN4O2S/c22-19-7-6-18(29-19)21(27)24-13-16-12-17(25-28-16)14-8-10-26(11-9-14)20(23)15-4-2-1-3-5-15/h1-7,12,14,23H,8-11,13H2,(H,24,27). The molecule has 1 aromatic carbocycles. The normalized spacial score (nSPS) is 14.7. The zero-order valence-electron chi connectivity index (χ0n) is 15.7. The molecule has 1 amide bonds. The van der Waals surface area contributed by atoms with Crippen molar-refractivity contribution in [3.05, 3.63) is 74.8 Å². The highest BCUT2D eigenvalue weighted by Gasteiger charge is 2.25. The maximum absolute atomic E-state index is 12.1. The predicted molar refractivity (Wildman–Crippen MR) is 114 cm³/mol. The van der Waals surface area contributed by atoms with Crippen LogP contribution in [-0.4, -0.2) is 34.9 Å². The first kappa shape index (κ1) is 19.7. The lowest BCUT2D eigenvalue weighted by atomic mass is 9.93. The number of piperidine rings is 1. The molecule has 1 aliphatic heterocycles. The van der Waals surface area contributed by atoms with E-state index in [0.717, 1.165) is 37.2 Å². The van der Waals surface area contributed by atoms with Crippen LogP contribution in [0, 0.1) is 5.41 Å². The molecule has 0 bridgehead atoms. The highest BCUT2D eigenvalue weighted by atomic mass is 35.5. The van der Waals surface area contributed by atoms with Crippen molar-refractivity contribution in [1.29, 1.82) is 5.41 Å². The van der Waals surface area contributed by atoms with Gasteiger partial charge in [-0.2, -0.15) is 0 Å². The van der Waals surface area contributed by atoms with E-state index in [4.69, 9.17) is 21.5 Å². The van der Waals surface area contributed by atoms with Crippen LogP contribution in [0.1, 0.15) is 45.4 Å². The third-order valence-corrected chi connectivity index (χ3v) is 6.30. The molecule has 0 spiro atoms. The molecule has 4 rings (SSSR count). The van der Waals surface area contributed by atoms with E-state index < -0.39 is 0 Å². The fourth-order valence-corrected chi connectivity index (χ4v) is 4.43. The monoisotopic (exact) mass is 428 g/mol. The molecule has 8 heteroatoms. The summed E-state index contributed by atoms with van der Waals surface area (Å²) in [5.41, 5.74) is 1.86. The average Bonchev–Trinajstić information content (AvgIpc) is 3.41. The van der Waals surface area contributed by atoms with Crippen LogP contribution >= 0.6 is 22.9 Å². The van der Waals surface area contributed by atoms with E-state index in [2.05, 4.69) is 15.4 Å². The van der Waals surface area contributed by atoms with Gasteiger partial charge >= 0.3 is 0 Å². The van der Waals surface area contributed by atoms with Gasteiger partial charge in [0.05, 0.1) is 21.5 Å². The van der Waals surface area contributed by atoms with E-state index in [1.165, 1.54) is 11.3 Å². The number of amides is 1. The molecule has 0 unspecified atom stereocenters. The molecular formula is C21H21ClN4O2S. The summed E-state index contributed by atoms with van der Waals surface area (Å²) in [6, 6.07) is 15.1. The predicted octanol–water partition coefficient (Wildman–Crippen LogP) is 4.52. The summed E-state index contributed by atoms with van der Waals surface area (Å²) in [6.07, 6.45) is 1.84. The minimum absolute atomic E-state index is 0.174. The first-order chi connectivity index (χ1) is 14.1. The first-order valence-corrected chi connectivity index (χ1v) is 10.7. The van der Waals surface area contributed by atoms with E-state index in [-0.39, 0.29) is 5.91 Å². The van der Waals surface area contributed by atoms with E-state index in [1.54, 1.807) is 12.1 Å². The van der Waals surface area contributed by atoms with Gasteiger partial charge in [0.2, 0.25) is 0 Å². The zero-order valence-corrected chi connectivity index (χ0v) is 17.3. The number of carbonyl (C=O) groups excluding carboxylic acids is 1. The van der Waals surface area contributed by atoms with Gasteiger partial charge in [-0.3, -0.25) is 10.2 Å². The third-order valence-electron chi connectivity index (χ3n) is 5.07. The van der Waals surface area contributed by atoms with Gasteiger partial charge in [-0.15, -0.1) is 11.3 Å². The summed E-state index contributed by atoms with van der Waals surface area (Å²) >= 11 is 7.11. The van der Waals surface area contributed by atoms with Gasteiger partial charge < -0.3 is 14.7 Å². The lowest BCUT2D eigenvalue weighted by molar-refractivity contribution is 0.0951. The van der Waals surface area contributed by atoms with Gasteiger partial charge in [0.1, 0.15) is 5.84 Å². The minimum Gasteiger partial charge on any atom is -0.359 e. The second-order valence-electron chi connectivity index (χ2n) is 6.98. The Balaban J connectivity index is 1.29. The topological polar surface area (TPSA) is 82.2 Å². The molecule has 6 nitrogen and oxygen atoms in total. The Morgan fingerprint density at radius 3 is 2.69 bits per heavy atom. The molecule has 150 valence electrons. The largest absolute Gasteiger partial charge is 0.359 e. The van der Waals surface area contributed by atoms with Crippen molar-refractivity contribution in [2.45, 2.75) is 25.3 Å². The number of thiophene rings is 1. The van der Waals surface area contributed by atoms with Crippen molar-refractivity contribution in [2.75, 3.05) is 13.1 Å². The maximum Gasteiger partial charge on any atom is 0.261 e. The Labute approximate surface area is 178 Å². The van der Waals surface area contributed by atoms with E-state index >= 15 is 0 Å². The van der Waals surface area contributed by atoms with Crippen LogP contribution in [0.5, 0.6) is 0 Å². The lowest BCUT2D eigenvalue weighted by Gasteiger charge is -2.32. The molecule has 0 aliphatic carbocycles. The van der Waals surface area contributed by atoms with Crippen LogP contribution in [-0.2, 0) is 6.54 Å². The van der Waals surface area contributed by atoms with Gasteiger partial charge in [0.25, 0.3) is 5.91 Å². The summed E-state index contributed by atoms with van der Waals surface area (Å²) in [7, 11) is 0. The van der Waals surface area contributed by atoms with Crippen LogP contribution < -0.4 is 5.32 Å². The van der Waals surface area contributed by atoms with Crippen LogP contribution in [0.2, 0.25) is 4.34 Å². The number of aromatic nitrogens is 1. The molecule has 0 saturated carbocycles. The Hall–Kier alpha value is -2.64. The van der Waals surface area contributed by atoms with Gasteiger partial charge in [0.15, 0.2) is 5.76 Å². The van der Waals surface area contributed by atoms with Crippen LogP contribution in [0.25, 0.3) is 0 Å². The molecule has 3 aromatic rings. The highest BCUT2D eigenvalue weighted by molar-refractivity contribution is 7.17. The Kier molecular flexibility index (Phi) is 5.97. The quantitative estimate of drug-likeness (QED) is 0.462. The molecule has 0 atom stereocenters. The number of halogens is 1. The maximum atomic E-state index is 12.1. The molecule has 29 heavy (non-hydrogen) atoms. The van der Waals surface area contributed by atoms with Crippen LogP contribution in [0.3, 0.4) is 0 Å². The Morgan fingerprint density at radius 1 is 1.24 bits per heavy atom. The second-order valence-corrected chi connectivity index (χ2v) is 8.70. The number of nitrogens with one attached hydrogen (secondary N) is 2. The first-order valence-electron chi connectivity index (χ1n) is 9.48. The number of likely N-dealkylation sites (tertiary alicyclic amines) is 1. The number of hydrogen-bond donors (Lipinski definition) is 2. The zero-order chi connectivity index (χ0) is 20.2. The molecule has 3 heterocycles. The van der Waals surface area contributed by atoms with Crippen molar-refractivity contribution in [1.82, 2.24) is 15.4 Å². The number of benzene rings is 1. The van der Waals surface area contributed by atoms with Crippen molar-refractivity contribution in [2.24, 2.45) is 0 Å². The summed E-state index contributed by atoms with van der Waals surface area (Å²) in [4.78, 5) is 14.8. The van der Waals surface area contributed by atoms with E-state index in [0.29, 0.717) is 33.3 Å². The fraction of sp³-hybridized carbons (Fsp3) is 0.286. The molecule has 1 aliphatic rings. The van der Waals surface area contributed by atoms with Crippen molar-refractivity contribution < 1.29 is 9.32 Å². The number of carbonyl (C=O) groups is 1. The van der Waals surface area contributed by atoms with Crippen molar-refractivity contribution >= 4 is 34.7 Å².